The van der Waals surface area contributed by atoms with Crippen LogP contribution in [0.25, 0.3) is 0 Å². The van der Waals surface area contributed by atoms with E-state index in [0.717, 1.165) is 17.9 Å². The molecule has 1 heterocycles. The second kappa shape index (κ2) is 10.9. The number of carbonyl (C=O) groups excluding carboxylic acids is 2. The fourth-order valence-corrected chi connectivity index (χ4v) is 3.14. The number of esters is 1. The number of thioether (sulfide) groups is 2. The van der Waals surface area contributed by atoms with Crippen molar-refractivity contribution in [2.24, 2.45) is 0 Å². The Morgan fingerprint density at radius 1 is 1.43 bits per heavy atom. The van der Waals surface area contributed by atoms with Crippen LogP contribution in [0.1, 0.15) is 30.3 Å². The highest BCUT2D eigenvalue weighted by Gasteiger charge is 2.24. The Balaban J connectivity index is 2.87. The first-order valence-corrected chi connectivity index (χ1v) is 10.2. The van der Waals surface area contributed by atoms with Crippen LogP contribution in [-0.4, -0.2) is 52.8 Å². The van der Waals surface area contributed by atoms with Gasteiger partial charge in [-0.25, -0.2) is 14.8 Å². The third kappa shape index (κ3) is 6.68. The maximum Gasteiger partial charge on any atom is 0.328 e. The van der Waals surface area contributed by atoms with E-state index in [1.807, 2.05) is 6.26 Å². The second-order valence-corrected chi connectivity index (χ2v) is 7.43. The molecule has 0 aromatic carbocycles. The quantitative estimate of drug-likeness (QED) is 0.372. The van der Waals surface area contributed by atoms with Crippen molar-refractivity contribution in [2.75, 3.05) is 24.9 Å². The fourth-order valence-electron chi connectivity index (χ4n) is 1.63. The molecule has 1 N–H and O–H groups in total. The highest BCUT2D eigenvalue weighted by molar-refractivity contribution is 9.10. The third-order valence-corrected chi connectivity index (χ3v) is 5.07. The molecule has 1 rings (SSSR count). The number of aromatic nitrogens is 2. The van der Waals surface area contributed by atoms with Gasteiger partial charge in [0.05, 0.1) is 11.6 Å². The van der Waals surface area contributed by atoms with Crippen LogP contribution >= 0.6 is 39.5 Å². The van der Waals surface area contributed by atoms with E-state index in [-0.39, 0.29) is 5.69 Å². The van der Waals surface area contributed by atoms with Gasteiger partial charge in [0.2, 0.25) is 0 Å². The highest BCUT2D eigenvalue weighted by atomic mass is 79.9. The van der Waals surface area contributed by atoms with Crippen LogP contribution in [0.2, 0.25) is 0 Å². The summed E-state index contributed by atoms with van der Waals surface area (Å²) < 4.78 is 5.23. The van der Waals surface area contributed by atoms with Crippen molar-refractivity contribution >= 4 is 51.3 Å². The number of ether oxygens (including phenoxy) is 1. The topological polar surface area (TPSA) is 81.2 Å². The highest BCUT2D eigenvalue weighted by Crippen LogP contribution is 2.19. The molecule has 1 aromatic heterocycles. The number of hydrogen-bond donors (Lipinski definition) is 1. The molecule has 0 aliphatic heterocycles. The second-order valence-electron chi connectivity index (χ2n) is 4.53. The Labute approximate surface area is 153 Å². The first-order valence-electron chi connectivity index (χ1n) is 7.06. The molecule has 0 saturated heterocycles. The molecule has 0 bridgehead atoms. The number of methoxy groups -OCH3 is 1. The Kier molecular flexibility index (Phi) is 9.57. The number of carbonyl (C=O) groups is 2. The molecule has 0 aliphatic carbocycles. The van der Waals surface area contributed by atoms with Crippen LogP contribution in [0.3, 0.4) is 0 Å². The van der Waals surface area contributed by atoms with Gasteiger partial charge in [0.15, 0.2) is 5.16 Å². The molecule has 1 aromatic rings. The molecule has 1 atom stereocenters. The first-order chi connectivity index (χ1) is 11.0. The molecule has 128 valence electrons. The summed E-state index contributed by atoms with van der Waals surface area (Å²) in [6, 6.07) is -0.687. The third-order valence-electron chi connectivity index (χ3n) is 2.77. The lowest BCUT2D eigenvalue weighted by Crippen LogP contribution is -2.42. The zero-order valence-electron chi connectivity index (χ0n) is 13.3. The number of rotatable bonds is 9. The van der Waals surface area contributed by atoms with Crippen molar-refractivity contribution in [1.82, 2.24) is 15.3 Å². The van der Waals surface area contributed by atoms with Crippen LogP contribution in [0.5, 0.6) is 0 Å². The zero-order chi connectivity index (χ0) is 17.2. The molecule has 0 spiro atoms. The minimum absolute atomic E-state index is 0.219. The van der Waals surface area contributed by atoms with Gasteiger partial charge in [-0.3, -0.25) is 4.79 Å². The van der Waals surface area contributed by atoms with Crippen molar-refractivity contribution in [2.45, 2.75) is 31.0 Å². The summed E-state index contributed by atoms with van der Waals surface area (Å²) in [4.78, 5) is 32.6. The maximum atomic E-state index is 12.4. The summed E-state index contributed by atoms with van der Waals surface area (Å²) in [5, 5.41) is 3.23. The van der Waals surface area contributed by atoms with Crippen molar-refractivity contribution in [3.05, 3.63) is 16.4 Å². The average molecular weight is 422 g/mol. The molecule has 0 saturated carbocycles. The number of nitrogens with zero attached hydrogens (tertiary/aromatic N) is 2. The molecule has 9 heteroatoms. The molecule has 6 nitrogen and oxygen atoms in total. The zero-order valence-corrected chi connectivity index (χ0v) is 16.5. The van der Waals surface area contributed by atoms with Gasteiger partial charge in [0.1, 0.15) is 11.7 Å². The minimum atomic E-state index is -0.687. The van der Waals surface area contributed by atoms with Gasteiger partial charge in [-0.05, 0) is 40.8 Å². The number of amides is 1. The van der Waals surface area contributed by atoms with E-state index < -0.39 is 17.9 Å². The lowest BCUT2D eigenvalue weighted by molar-refractivity contribution is -0.142. The van der Waals surface area contributed by atoms with Crippen LogP contribution in [0, 0.1) is 0 Å². The lowest BCUT2D eigenvalue weighted by atomic mass is 10.2. The van der Waals surface area contributed by atoms with Gasteiger partial charge in [0.25, 0.3) is 5.91 Å². The Morgan fingerprint density at radius 2 is 2.17 bits per heavy atom. The predicted molar refractivity (Wildman–Crippen MR) is 97.0 cm³/mol. The van der Waals surface area contributed by atoms with Crippen LogP contribution in [-0.2, 0) is 9.53 Å². The van der Waals surface area contributed by atoms with Gasteiger partial charge in [0, 0.05) is 11.9 Å². The lowest BCUT2D eigenvalue weighted by Gasteiger charge is -2.16. The van der Waals surface area contributed by atoms with Crippen molar-refractivity contribution in [3.63, 3.8) is 0 Å². The first kappa shape index (κ1) is 20.2. The fraction of sp³-hybridized carbons (Fsp3) is 0.571. The van der Waals surface area contributed by atoms with E-state index in [1.54, 1.807) is 18.0 Å². The Hall–Kier alpha value is -0.800. The molecular weight excluding hydrogens is 402 g/mol. The van der Waals surface area contributed by atoms with E-state index in [2.05, 4.69) is 38.1 Å². The summed E-state index contributed by atoms with van der Waals surface area (Å²) in [6.45, 7) is 2.06. The van der Waals surface area contributed by atoms with Crippen molar-refractivity contribution < 1.29 is 14.3 Å². The SMILES string of the molecule is CCCSc1ncc(Br)c(C(=O)N[C@H](CCSC)C(=O)OC)n1. The number of nitrogens with one attached hydrogen (secondary N) is 1. The van der Waals surface area contributed by atoms with E-state index in [0.29, 0.717) is 16.0 Å². The van der Waals surface area contributed by atoms with Gasteiger partial charge in [-0.15, -0.1) is 0 Å². The molecule has 0 fully saturated rings. The van der Waals surface area contributed by atoms with Crippen LogP contribution in [0.4, 0.5) is 0 Å². The molecule has 0 radical (unpaired) electrons. The van der Waals surface area contributed by atoms with E-state index in [4.69, 9.17) is 4.74 Å². The van der Waals surface area contributed by atoms with E-state index in [9.17, 15) is 9.59 Å². The van der Waals surface area contributed by atoms with E-state index in [1.165, 1.54) is 18.9 Å². The van der Waals surface area contributed by atoms with Gasteiger partial charge in [-0.1, -0.05) is 18.7 Å². The standard InChI is InChI=1S/C14H20BrN3O3S2/c1-4-6-23-14-16-8-9(15)11(18-14)12(19)17-10(5-7-22-3)13(20)21-2/h8,10H,4-7H2,1-3H3,(H,17,19)/t10-/m1/s1. The van der Waals surface area contributed by atoms with E-state index >= 15 is 0 Å². The number of hydrogen-bond acceptors (Lipinski definition) is 7. The monoisotopic (exact) mass is 421 g/mol. The molecule has 0 aliphatic rings. The summed E-state index contributed by atoms with van der Waals surface area (Å²) in [5.74, 6) is 0.733. The predicted octanol–water partition coefficient (Wildman–Crippen LogP) is 2.77. The average Bonchev–Trinajstić information content (AvgIpc) is 2.56. The Bertz CT molecular complexity index is 546. The molecule has 0 unspecified atom stereocenters. The largest absolute Gasteiger partial charge is 0.467 e. The van der Waals surface area contributed by atoms with Crippen molar-refractivity contribution in [1.29, 1.82) is 0 Å². The van der Waals surface area contributed by atoms with Gasteiger partial charge >= 0.3 is 5.97 Å². The van der Waals surface area contributed by atoms with Crippen LogP contribution < -0.4 is 5.32 Å². The number of halogens is 1. The Morgan fingerprint density at radius 3 is 2.78 bits per heavy atom. The minimum Gasteiger partial charge on any atom is -0.467 e. The maximum absolute atomic E-state index is 12.4. The van der Waals surface area contributed by atoms with Gasteiger partial charge < -0.3 is 10.1 Å². The summed E-state index contributed by atoms with van der Waals surface area (Å²) in [7, 11) is 1.31. The van der Waals surface area contributed by atoms with Crippen LogP contribution in [0.15, 0.2) is 15.8 Å². The molecule has 23 heavy (non-hydrogen) atoms. The smallest absolute Gasteiger partial charge is 0.328 e. The summed E-state index contributed by atoms with van der Waals surface area (Å²) in [5.41, 5.74) is 0.219. The normalized spacial score (nSPS) is 11.8. The molecule has 1 amide bonds. The summed E-state index contributed by atoms with van der Waals surface area (Å²) in [6.07, 6.45) is 4.98. The van der Waals surface area contributed by atoms with Crippen molar-refractivity contribution in [3.8, 4) is 0 Å². The molecular formula is C14H20BrN3O3S2. The summed E-state index contributed by atoms with van der Waals surface area (Å²) >= 11 is 6.36. The van der Waals surface area contributed by atoms with Gasteiger partial charge in [-0.2, -0.15) is 11.8 Å².